The van der Waals surface area contributed by atoms with Crippen LogP contribution in [0.3, 0.4) is 0 Å². The van der Waals surface area contributed by atoms with Gasteiger partial charge in [-0.2, -0.15) is 0 Å². The molecule has 0 bridgehead atoms. The van der Waals surface area contributed by atoms with Gasteiger partial charge in [0.2, 0.25) is 5.91 Å². The summed E-state index contributed by atoms with van der Waals surface area (Å²) in [4.78, 5) is 25.0. The van der Waals surface area contributed by atoms with Gasteiger partial charge in [0, 0.05) is 32.5 Å². The first-order chi connectivity index (χ1) is 9.52. The van der Waals surface area contributed by atoms with Gasteiger partial charge in [-0.05, 0) is 24.1 Å². The van der Waals surface area contributed by atoms with Crippen LogP contribution in [-0.2, 0) is 16.0 Å². The number of hydrogen-bond donors (Lipinski definition) is 1. The number of carbonyl (C=O) groups excluding carboxylic acids is 2. The monoisotopic (exact) mass is 278 g/mol. The molecule has 0 aliphatic carbocycles. The second-order valence-corrected chi connectivity index (χ2v) is 5.26. The van der Waals surface area contributed by atoms with E-state index in [2.05, 4.69) is 5.32 Å². The summed E-state index contributed by atoms with van der Waals surface area (Å²) in [7, 11) is 0. The fourth-order valence-electron chi connectivity index (χ4n) is 2.52. The van der Waals surface area contributed by atoms with Crippen molar-refractivity contribution in [2.45, 2.75) is 25.8 Å². The minimum Gasteiger partial charge on any atom is -0.352 e. The number of nitrogens with one attached hydrogen (secondary N) is 1. The predicted molar refractivity (Wildman–Crippen MR) is 73.8 cm³/mol. The second-order valence-electron chi connectivity index (χ2n) is 5.26. The molecular formula is C15H19FN2O2. The maximum atomic E-state index is 12.8. The minimum atomic E-state index is -0.293. The molecule has 1 aliphatic heterocycles. The van der Waals surface area contributed by atoms with Gasteiger partial charge in [-0.15, -0.1) is 0 Å². The Morgan fingerprint density at radius 1 is 1.35 bits per heavy atom. The molecule has 1 aromatic carbocycles. The fourth-order valence-corrected chi connectivity index (χ4v) is 2.52. The standard InChI is InChI=1S/C15H19FN2O2/c1-11(19)17-14-6-7-18(9-14)10-15(20)8-12-2-4-13(16)5-3-12/h2-5,14H,6-10H2,1H3,(H,17,19). The Balaban J connectivity index is 1.78. The Bertz CT molecular complexity index is 487. The first-order valence-electron chi connectivity index (χ1n) is 6.78. The first-order valence-corrected chi connectivity index (χ1v) is 6.78. The summed E-state index contributed by atoms with van der Waals surface area (Å²) in [5.74, 6) is -0.214. The maximum Gasteiger partial charge on any atom is 0.217 e. The average Bonchev–Trinajstić information content (AvgIpc) is 2.78. The normalized spacial score (nSPS) is 19.0. The van der Waals surface area contributed by atoms with E-state index in [0.717, 1.165) is 25.1 Å². The number of likely N-dealkylation sites (tertiary alicyclic amines) is 1. The second kappa shape index (κ2) is 6.61. The van der Waals surface area contributed by atoms with E-state index in [9.17, 15) is 14.0 Å². The molecule has 1 N–H and O–H groups in total. The van der Waals surface area contributed by atoms with E-state index in [4.69, 9.17) is 0 Å². The van der Waals surface area contributed by atoms with Crippen LogP contribution in [0.15, 0.2) is 24.3 Å². The predicted octanol–water partition coefficient (Wildman–Crippen LogP) is 1.15. The van der Waals surface area contributed by atoms with Crippen LogP contribution in [0.5, 0.6) is 0 Å². The van der Waals surface area contributed by atoms with E-state index in [1.807, 2.05) is 4.90 Å². The van der Waals surface area contributed by atoms with Crippen molar-refractivity contribution < 1.29 is 14.0 Å². The highest BCUT2D eigenvalue weighted by molar-refractivity contribution is 5.82. The molecule has 2 rings (SSSR count). The van der Waals surface area contributed by atoms with E-state index < -0.39 is 0 Å². The van der Waals surface area contributed by atoms with Crippen molar-refractivity contribution in [3.8, 4) is 0 Å². The van der Waals surface area contributed by atoms with E-state index >= 15 is 0 Å². The van der Waals surface area contributed by atoms with Crippen molar-refractivity contribution in [2.24, 2.45) is 0 Å². The zero-order chi connectivity index (χ0) is 14.5. The number of nitrogens with zero attached hydrogens (tertiary/aromatic N) is 1. The van der Waals surface area contributed by atoms with Crippen molar-refractivity contribution in [3.05, 3.63) is 35.6 Å². The Hall–Kier alpha value is -1.75. The van der Waals surface area contributed by atoms with Crippen LogP contribution >= 0.6 is 0 Å². The molecule has 20 heavy (non-hydrogen) atoms. The van der Waals surface area contributed by atoms with Crippen LogP contribution in [0.2, 0.25) is 0 Å². The molecule has 1 unspecified atom stereocenters. The topological polar surface area (TPSA) is 49.4 Å². The SMILES string of the molecule is CC(=O)NC1CCN(CC(=O)Cc2ccc(F)cc2)C1. The van der Waals surface area contributed by atoms with Gasteiger partial charge in [0.15, 0.2) is 5.78 Å². The Morgan fingerprint density at radius 2 is 2.05 bits per heavy atom. The van der Waals surface area contributed by atoms with Crippen molar-refractivity contribution in [1.29, 1.82) is 0 Å². The summed E-state index contributed by atoms with van der Waals surface area (Å²) in [6.45, 7) is 3.42. The lowest BCUT2D eigenvalue weighted by Gasteiger charge is -2.15. The number of halogens is 1. The molecule has 5 heteroatoms. The smallest absolute Gasteiger partial charge is 0.217 e. The quantitative estimate of drug-likeness (QED) is 0.879. The van der Waals surface area contributed by atoms with Crippen molar-refractivity contribution in [2.75, 3.05) is 19.6 Å². The van der Waals surface area contributed by atoms with Gasteiger partial charge >= 0.3 is 0 Å². The van der Waals surface area contributed by atoms with E-state index in [0.29, 0.717) is 13.0 Å². The summed E-state index contributed by atoms with van der Waals surface area (Å²) in [5.41, 5.74) is 0.828. The zero-order valence-electron chi connectivity index (χ0n) is 11.6. The third kappa shape index (κ3) is 4.42. The van der Waals surface area contributed by atoms with Gasteiger partial charge < -0.3 is 5.32 Å². The molecular weight excluding hydrogens is 259 g/mol. The fraction of sp³-hybridized carbons (Fsp3) is 0.467. The van der Waals surface area contributed by atoms with E-state index in [1.165, 1.54) is 19.1 Å². The highest BCUT2D eigenvalue weighted by Crippen LogP contribution is 2.10. The van der Waals surface area contributed by atoms with Crippen LogP contribution in [0.1, 0.15) is 18.9 Å². The van der Waals surface area contributed by atoms with Crippen molar-refractivity contribution in [1.82, 2.24) is 10.2 Å². The van der Waals surface area contributed by atoms with E-state index in [-0.39, 0.29) is 23.5 Å². The van der Waals surface area contributed by atoms with Crippen LogP contribution in [0.4, 0.5) is 4.39 Å². The van der Waals surface area contributed by atoms with Gasteiger partial charge in [-0.3, -0.25) is 14.5 Å². The molecule has 1 saturated heterocycles. The first kappa shape index (κ1) is 14.7. The number of amides is 1. The molecule has 1 heterocycles. The number of Topliss-reactive ketones (excluding diaryl/α,β-unsaturated/α-hetero) is 1. The average molecular weight is 278 g/mol. The van der Waals surface area contributed by atoms with Gasteiger partial charge in [0.1, 0.15) is 5.82 Å². The lowest BCUT2D eigenvalue weighted by atomic mass is 10.1. The lowest BCUT2D eigenvalue weighted by Crippen LogP contribution is -2.37. The summed E-state index contributed by atoms with van der Waals surface area (Å²) >= 11 is 0. The molecule has 4 nitrogen and oxygen atoms in total. The number of carbonyl (C=O) groups is 2. The molecule has 0 radical (unpaired) electrons. The molecule has 0 saturated carbocycles. The largest absolute Gasteiger partial charge is 0.352 e. The van der Waals surface area contributed by atoms with Crippen LogP contribution in [0.25, 0.3) is 0 Å². The lowest BCUT2D eigenvalue weighted by molar-refractivity contribution is -0.119. The van der Waals surface area contributed by atoms with Crippen molar-refractivity contribution in [3.63, 3.8) is 0 Å². The molecule has 0 aromatic heterocycles. The summed E-state index contributed by atoms with van der Waals surface area (Å²) < 4.78 is 12.8. The highest BCUT2D eigenvalue weighted by Gasteiger charge is 2.24. The third-order valence-corrected chi connectivity index (χ3v) is 3.39. The molecule has 1 amide bonds. The summed E-state index contributed by atoms with van der Waals surface area (Å²) in [5, 5.41) is 2.87. The van der Waals surface area contributed by atoms with Gasteiger partial charge in [0.25, 0.3) is 0 Å². The number of ketones is 1. The molecule has 108 valence electrons. The number of hydrogen-bond acceptors (Lipinski definition) is 3. The van der Waals surface area contributed by atoms with Crippen molar-refractivity contribution >= 4 is 11.7 Å². The summed E-state index contributed by atoms with van der Waals surface area (Å²) in [6.07, 6.45) is 1.20. The molecule has 1 atom stereocenters. The minimum absolute atomic E-state index is 0.0329. The number of rotatable bonds is 5. The van der Waals surface area contributed by atoms with Crippen LogP contribution in [0, 0.1) is 5.82 Å². The van der Waals surface area contributed by atoms with Crippen LogP contribution in [-0.4, -0.2) is 42.3 Å². The van der Waals surface area contributed by atoms with Crippen LogP contribution < -0.4 is 5.32 Å². The molecule has 0 spiro atoms. The summed E-state index contributed by atoms with van der Waals surface area (Å²) in [6, 6.07) is 6.15. The Labute approximate surface area is 118 Å². The Morgan fingerprint density at radius 3 is 2.70 bits per heavy atom. The van der Waals surface area contributed by atoms with Gasteiger partial charge in [0.05, 0.1) is 6.54 Å². The zero-order valence-corrected chi connectivity index (χ0v) is 11.6. The highest BCUT2D eigenvalue weighted by atomic mass is 19.1. The molecule has 1 fully saturated rings. The van der Waals surface area contributed by atoms with E-state index in [1.54, 1.807) is 12.1 Å². The maximum absolute atomic E-state index is 12.8. The molecule has 1 aromatic rings. The van der Waals surface area contributed by atoms with Gasteiger partial charge in [-0.25, -0.2) is 4.39 Å². The number of benzene rings is 1. The Kier molecular flexibility index (Phi) is 4.84. The molecule has 1 aliphatic rings. The van der Waals surface area contributed by atoms with Gasteiger partial charge in [-0.1, -0.05) is 12.1 Å². The third-order valence-electron chi connectivity index (χ3n) is 3.39.